The predicted molar refractivity (Wildman–Crippen MR) is 104 cm³/mol. The Bertz CT molecular complexity index is 607. The Hall–Kier alpha value is -1.07. The van der Waals surface area contributed by atoms with E-state index >= 15 is 0 Å². The number of carbonyl (C=O) groups excluding carboxylic acids is 1. The van der Waals surface area contributed by atoms with E-state index in [1.165, 1.54) is 12.8 Å². The molecule has 142 valence electrons. The Morgan fingerprint density at radius 1 is 1.28 bits per heavy atom. The van der Waals surface area contributed by atoms with E-state index in [9.17, 15) is 4.79 Å². The second-order valence-electron chi connectivity index (χ2n) is 8.87. The second-order valence-corrected chi connectivity index (χ2v) is 8.87. The number of fused-ring (bicyclic) bond motifs is 2. The van der Waals surface area contributed by atoms with Crippen LogP contribution < -0.4 is 5.32 Å². The second kappa shape index (κ2) is 7.28. The topological polar surface area (TPSA) is 50.2 Å². The van der Waals surface area contributed by atoms with Gasteiger partial charge in [0, 0.05) is 30.9 Å². The summed E-state index contributed by atoms with van der Waals surface area (Å²) in [4.78, 5) is 15.0. The van der Waals surface area contributed by atoms with Gasteiger partial charge in [-0.05, 0) is 58.4 Å². The first-order valence-corrected chi connectivity index (χ1v) is 9.30. The lowest BCUT2D eigenvalue weighted by Gasteiger charge is -2.35. The third-order valence-electron chi connectivity index (χ3n) is 5.50. The van der Waals surface area contributed by atoms with E-state index in [1.54, 1.807) is 0 Å². The fourth-order valence-corrected chi connectivity index (χ4v) is 4.14. The van der Waals surface area contributed by atoms with Crippen LogP contribution in [-0.2, 0) is 5.54 Å². The zero-order valence-corrected chi connectivity index (χ0v) is 17.2. The summed E-state index contributed by atoms with van der Waals surface area (Å²) in [7, 11) is 1.95. The van der Waals surface area contributed by atoms with Crippen molar-refractivity contribution in [2.45, 2.75) is 89.9 Å². The SMILES string of the molecule is CC(C)c1cc(C(=O)N(C)C2CC3CCC(C2)N3)nn1C(C)(C)C.Cl. The van der Waals surface area contributed by atoms with Crippen LogP contribution in [0, 0.1) is 0 Å². The lowest BCUT2D eigenvalue weighted by Crippen LogP contribution is -2.48. The Kier molecular flexibility index (Phi) is 5.89. The number of halogens is 1. The van der Waals surface area contributed by atoms with E-state index in [4.69, 9.17) is 0 Å². The summed E-state index contributed by atoms with van der Waals surface area (Å²) >= 11 is 0. The molecule has 2 atom stereocenters. The number of aromatic nitrogens is 2. The molecule has 2 fully saturated rings. The number of hydrogen-bond acceptors (Lipinski definition) is 3. The maximum atomic E-state index is 13.0. The summed E-state index contributed by atoms with van der Waals surface area (Å²) in [5.41, 5.74) is 1.59. The van der Waals surface area contributed by atoms with E-state index in [1.807, 2.05) is 22.7 Å². The van der Waals surface area contributed by atoms with Gasteiger partial charge in [-0.2, -0.15) is 5.10 Å². The zero-order valence-electron chi connectivity index (χ0n) is 16.4. The van der Waals surface area contributed by atoms with Crippen LogP contribution in [0.2, 0.25) is 0 Å². The van der Waals surface area contributed by atoms with Gasteiger partial charge in [-0.1, -0.05) is 13.8 Å². The molecule has 2 bridgehead atoms. The van der Waals surface area contributed by atoms with Gasteiger partial charge in [-0.3, -0.25) is 9.48 Å². The first-order valence-electron chi connectivity index (χ1n) is 9.30. The molecule has 1 aromatic rings. The van der Waals surface area contributed by atoms with Crippen LogP contribution in [-0.4, -0.2) is 45.8 Å². The Morgan fingerprint density at radius 3 is 2.28 bits per heavy atom. The minimum atomic E-state index is -0.120. The fourth-order valence-electron chi connectivity index (χ4n) is 4.14. The number of piperidine rings is 1. The molecule has 0 spiro atoms. The summed E-state index contributed by atoms with van der Waals surface area (Å²) in [6.45, 7) is 10.7. The molecule has 2 unspecified atom stereocenters. The average molecular weight is 369 g/mol. The third-order valence-corrected chi connectivity index (χ3v) is 5.50. The minimum absolute atomic E-state index is 0. The number of nitrogens with zero attached hydrogens (tertiary/aromatic N) is 3. The zero-order chi connectivity index (χ0) is 17.6. The van der Waals surface area contributed by atoms with Gasteiger partial charge in [0.15, 0.2) is 5.69 Å². The fraction of sp³-hybridized carbons (Fsp3) is 0.789. The molecular formula is C19H33ClN4O. The van der Waals surface area contributed by atoms with Crippen molar-refractivity contribution >= 4 is 18.3 Å². The number of hydrogen-bond donors (Lipinski definition) is 1. The highest BCUT2D eigenvalue weighted by atomic mass is 35.5. The minimum Gasteiger partial charge on any atom is -0.337 e. The lowest BCUT2D eigenvalue weighted by molar-refractivity contribution is 0.0674. The first kappa shape index (κ1) is 20.2. The van der Waals surface area contributed by atoms with Gasteiger partial charge in [0.05, 0.1) is 5.54 Å². The van der Waals surface area contributed by atoms with Gasteiger partial charge in [0.25, 0.3) is 5.91 Å². The van der Waals surface area contributed by atoms with Gasteiger partial charge < -0.3 is 10.2 Å². The normalized spacial score (nSPS) is 25.8. The van der Waals surface area contributed by atoms with Crippen LogP contribution in [0.4, 0.5) is 0 Å². The van der Waals surface area contributed by atoms with Gasteiger partial charge in [0.1, 0.15) is 0 Å². The molecule has 0 radical (unpaired) electrons. The van der Waals surface area contributed by atoms with Crippen molar-refractivity contribution in [3.05, 3.63) is 17.5 Å². The smallest absolute Gasteiger partial charge is 0.274 e. The predicted octanol–water partition coefficient (Wildman–Crippen LogP) is 3.54. The molecule has 2 aliphatic heterocycles. The van der Waals surface area contributed by atoms with Crippen molar-refractivity contribution in [1.29, 1.82) is 0 Å². The highest BCUT2D eigenvalue weighted by molar-refractivity contribution is 5.92. The van der Waals surface area contributed by atoms with Crippen LogP contribution in [0.3, 0.4) is 0 Å². The Morgan fingerprint density at radius 2 is 1.84 bits per heavy atom. The first-order chi connectivity index (χ1) is 11.2. The molecule has 3 rings (SSSR count). The van der Waals surface area contributed by atoms with Gasteiger partial charge in [0.2, 0.25) is 0 Å². The van der Waals surface area contributed by atoms with Gasteiger partial charge in [-0.25, -0.2) is 0 Å². The number of nitrogens with one attached hydrogen (secondary N) is 1. The van der Waals surface area contributed by atoms with Crippen molar-refractivity contribution in [3.63, 3.8) is 0 Å². The summed E-state index contributed by atoms with van der Waals surface area (Å²) in [6.07, 6.45) is 4.63. The molecule has 3 heterocycles. The molecule has 25 heavy (non-hydrogen) atoms. The molecule has 5 nitrogen and oxygen atoms in total. The van der Waals surface area contributed by atoms with E-state index in [2.05, 4.69) is 45.0 Å². The molecule has 1 aromatic heterocycles. The highest BCUT2D eigenvalue weighted by Gasteiger charge is 2.37. The van der Waals surface area contributed by atoms with E-state index in [0.29, 0.717) is 29.7 Å². The summed E-state index contributed by atoms with van der Waals surface area (Å²) in [6, 6.07) is 3.49. The molecule has 0 aliphatic carbocycles. The number of amides is 1. The number of rotatable bonds is 3. The molecule has 6 heteroatoms. The van der Waals surface area contributed by atoms with Gasteiger partial charge in [-0.15, -0.1) is 12.4 Å². The van der Waals surface area contributed by atoms with Crippen LogP contribution in [0.15, 0.2) is 6.07 Å². The van der Waals surface area contributed by atoms with Crippen molar-refractivity contribution in [1.82, 2.24) is 20.0 Å². The van der Waals surface area contributed by atoms with Crippen LogP contribution in [0.25, 0.3) is 0 Å². The maximum Gasteiger partial charge on any atom is 0.274 e. The molecule has 2 saturated heterocycles. The van der Waals surface area contributed by atoms with E-state index < -0.39 is 0 Å². The van der Waals surface area contributed by atoms with Crippen molar-refractivity contribution in [2.75, 3.05) is 7.05 Å². The van der Waals surface area contributed by atoms with Crippen molar-refractivity contribution < 1.29 is 4.79 Å². The standard InChI is InChI=1S/C19H32N4O.ClH/c1-12(2)17-11-16(21-23(17)19(3,4)5)18(24)22(6)15-9-13-7-8-14(10-15)20-13;/h11-15,20H,7-10H2,1-6H3;1H. The third kappa shape index (κ3) is 4.03. The Labute approximate surface area is 157 Å². The van der Waals surface area contributed by atoms with Crippen molar-refractivity contribution in [3.8, 4) is 0 Å². The molecule has 1 amide bonds. The maximum absolute atomic E-state index is 13.0. The highest BCUT2D eigenvalue weighted by Crippen LogP contribution is 2.30. The van der Waals surface area contributed by atoms with Crippen LogP contribution in [0.5, 0.6) is 0 Å². The molecule has 2 aliphatic rings. The molecular weight excluding hydrogens is 336 g/mol. The largest absolute Gasteiger partial charge is 0.337 e. The van der Waals surface area contributed by atoms with Crippen LogP contribution in [0.1, 0.15) is 82.4 Å². The average Bonchev–Trinajstić information content (AvgIpc) is 3.09. The summed E-state index contributed by atoms with van der Waals surface area (Å²) in [5.74, 6) is 0.407. The summed E-state index contributed by atoms with van der Waals surface area (Å²) < 4.78 is 2.02. The van der Waals surface area contributed by atoms with Crippen molar-refractivity contribution in [2.24, 2.45) is 0 Å². The number of carbonyl (C=O) groups is 1. The van der Waals surface area contributed by atoms with E-state index in [-0.39, 0.29) is 23.9 Å². The van der Waals surface area contributed by atoms with E-state index in [0.717, 1.165) is 18.5 Å². The Balaban J connectivity index is 0.00000225. The van der Waals surface area contributed by atoms with Crippen LogP contribution >= 0.6 is 12.4 Å². The summed E-state index contributed by atoms with van der Waals surface area (Å²) in [5, 5.41) is 8.33. The monoisotopic (exact) mass is 368 g/mol. The lowest BCUT2D eigenvalue weighted by atomic mass is 9.98. The quantitative estimate of drug-likeness (QED) is 0.887. The molecule has 1 N–H and O–H groups in total. The van der Waals surface area contributed by atoms with Gasteiger partial charge >= 0.3 is 0 Å². The molecule has 0 saturated carbocycles. The molecule has 0 aromatic carbocycles.